The van der Waals surface area contributed by atoms with Crippen molar-refractivity contribution >= 4 is 0 Å². The van der Waals surface area contributed by atoms with E-state index in [9.17, 15) is 5.11 Å². The zero-order valence-electron chi connectivity index (χ0n) is 13.9. The molecular formula is C19H30O2. The first-order chi connectivity index (χ1) is 9.88. The maximum atomic E-state index is 10.8. The largest absolute Gasteiger partial charge is 0.393 e. The van der Waals surface area contributed by atoms with Gasteiger partial charge in [-0.05, 0) is 68.6 Å². The summed E-state index contributed by atoms with van der Waals surface area (Å²) in [6, 6.07) is 0. The molecule has 118 valence electrons. The average molecular weight is 290 g/mol. The lowest BCUT2D eigenvalue weighted by atomic mass is 9.41. The SMILES string of the molecule is CC=CC1CC(O)C2C(C1)OC1(C)CCC3C1C2C3(C)C. The summed E-state index contributed by atoms with van der Waals surface area (Å²) in [5.74, 6) is 3.03. The number of fused-ring (bicyclic) bond motifs is 2. The Kier molecular flexibility index (Phi) is 2.96. The lowest BCUT2D eigenvalue weighted by Crippen LogP contribution is -2.69. The quantitative estimate of drug-likeness (QED) is 0.745. The molecule has 1 N–H and O–H groups in total. The molecule has 3 saturated carbocycles. The standard InChI is InChI=1S/C19H30O2/c1-5-6-11-9-13(20)15-14(10-11)21-19(4)8-7-12-16(19)17(15)18(12,2)3/h5-6,11-17,20H,7-10H2,1-4H3. The Morgan fingerprint density at radius 3 is 2.62 bits per heavy atom. The molecule has 2 nitrogen and oxygen atoms in total. The summed E-state index contributed by atoms with van der Waals surface area (Å²) in [5.41, 5.74) is 0.479. The van der Waals surface area contributed by atoms with E-state index < -0.39 is 0 Å². The number of aliphatic hydroxyl groups excluding tert-OH is 1. The molecule has 2 heteroatoms. The smallest absolute Gasteiger partial charge is 0.0692 e. The van der Waals surface area contributed by atoms with Gasteiger partial charge in [0.1, 0.15) is 0 Å². The summed E-state index contributed by atoms with van der Waals surface area (Å²) in [4.78, 5) is 0. The summed E-state index contributed by atoms with van der Waals surface area (Å²) in [5, 5.41) is 10.8. The van der Waals surface area contributed by atoms with E-state index in [-0.39, 0.29) is 17.8 Å². The molecule has 4 fully saturated rings. The van der Waals surface area contributed by atoms with E-state index >= 15 is 0 Å². The van der Waals surface area contributed by atoms with Crippen LogP contribution in [0, 0.1) is 35.0 Å². The van der Waals surface area contributed by atoms with Crippen molar-refractivity contribution in [3.05, 3.63) is 12.2 Å². The second-order valence-electron chi connectivity index (χ2n) is 8.89. The lowest BCUT2D eigenvalue weighted by molar-refractivity contribution is -0.300. The Labute approximate surface area is 129 Å². The van der Waals surface area contributed by atoms with Crippen molar-refractivity contribution in [2.45, 2.75) is 71.2 Å². The van der Waals surface area contributed by atoms with Gasteiger partial charge in [0.25, 0.3) is 0 Å². The second kappa shape index (κ2) is 4.35. The van der Waals surface area contributed by atoms with E-state index in [1.54, 1.807) is 0 Å². The van der Waals surface area contributed by atoms with Crippen LogP contribution in [0.5, 0.6) is 0 Å². The first-order valence-electron chi connectivity index (χ1n) is 8.87. The fourth-order valence-electron chi connectivity index (χ4n) is 6.78. The third kappa shape index (κ3) is 1.72. The van der Waals surface area contributed by atoms with Crippen LogP contribution < -0.4 is 0 Å². The molecule has 8 unspecified atom stereocenters. The van der Waals surface area contributed by atoms with Crippen LogP contribution >= 0.6 is 0 Å². The summed E-state index contributed by atoms with van der Waals surface area (Å²) in [7, 11) is 0. The van der Waals surface area contributed by atoms with E-state index in [4.69, 9.17) is 4.74 Å². The van der Waals surface area contributed by atoms with Gasteiger partial charge in [-0.15, -0.1) is 0 Å². The molecule has 1 heterocycles. The number of hydrogen-bond acceptors (Lipinski definition) is 2. The van der Waals surface area contributed by atoms with E-state index in [1.165, 1.54) is 12.8 Å². The zero-order chi connectivity index (χ0) is 15.0. The molecule has 1 aliphatic heterocycles. The summed E-state index contributed by atoms with van der Waals surface area (Å²) >= 11 is 0. The Bertz CT molecular complexity index is 468. The average Bonchev–Trinajstić information content (AvgIpc) is 2.72. The molecule has 0 spiro atoms. The highest BCUT2D eigenvalue weighted by molar-refractivity contribution is 5.20. The molecule has 0 aromatic carbocycles. The number of ether oxygens (including phenoxy) is 1. The number of allylic oxidation sites excluding steroid dienone is 2. The van der Waals surface area contributed by atoms with Crippen LogP contribution in [0.3, 0.4) is 0 Å². The predicted octanol–water partition coefficient (Wildman–Crippen LogP) is 3.79. The Hall–Kier alpha value is -0.340. The topological polar surface area (TPSA) is 29.5 Å². The molecule has 4 aliphatic rings. The van der Waals surface area contributed by atoms with Gasteiger partial charge in [-0.3, -0.25) is 0 Å². The van der Waals surface area contributed by atoms with Crippen LogP contribution in [-0.4, -0.2) is 22.9 Å². The molecule has 21 heavy (non-hydrogen) atoms. The minimum absolute atomic E-state index is 0.0869. The number of aliphatic hydroxyl groups is 1. The first-order valence-corrected chi connectivity index (χ1v) is 8.87. The summed E-state index contributed by atoms with van der Waals surface area (Å²) in [6.07, 6.45) is 9.04. The minimum atomic E-state index is -0.180. The third-order valence-corrected chi connectivity index (χ3v) is 7.54. The van der Waals surface area contributed by atoms with Crippen LogP contribution in [0.4, 0.5) is 0 Å². The van der Waals surface area contributed by atoms with Crippen molar-refractivity contribution in [1.82, 2.24) is 0 Å². The lowest BCUT2D eigenvalue weighted by Gasteiger charge is -2.68. The molecule has 0 aromatic rings. The monoisotopic (exact) mass is 290 g/mol. The second-order valence-corrected chi connectivity index (χ2v) is 8.89. The highest BCUT2D eigenvalue weighted by Gasteiger charge is 2.72. The first kappa shape index (κ1) is 14.3. The number of hydrogen-bond donors (Lipinski definition) is 1. The highest BCUT2D eigenvalue weighted by Crippen LogP contribution is 2.72. The van der Waals surface area contributed by atoms with Crippen LogP contribution in [-0.2, 0) is 4.74 Å². The fraction of sp³-hybridized carbons (Fsp3) is 0.895. The van der Waals surface area contributed by atoms with Gasteiger partial charge in [-0.25, -0.2) is 0 Å². The predicted molar refractivity (Wildman–Crippen MR) is 83.8 cm³/mol. The van der Waals surface area contributed by atoms with E-state index in [0.29, 0.717) is 29.1 Å². The van der Waals surface area contributed by atoms with Crippen molar-refractivity contribution in [1.29, 1.82) is 0 Å². The molecule has 3 aliphatic carbocycles. The van der Waals surface area contributed by atoms with Gasteiger partial charge < -0.3 is 9.84 Å². The van der Waals surface area contributed by atoms with Gasteiger partial charge in [0.15, 0.2) is 0 Å². The molecule has 8 atom stereocenters. The maximum absolute atomic E-state index is 10.8. The molecule has 0 amide bonds. The Morgan fingerprint density at radius 1 is 1.14 bits per heavy atom. The number of rotatable bonds is 1. The van der Waals surface area contributed by atoms with Crippen molar-refractivity contribution < 1.29 is 9.84 Å². The van der Waals surface area contributed by atoms with E-state index in [2.05, 4.69) is 39.8 Å². The van der Waals surface area contributed by atoms with Crippen LogP contribution in [0.25, 0.3) is 0 Å². The molecule has 0 aromatic heterocycles. The Morgan fingerprint density at radius 2 is 1.90 bits per heavy atom. The van der Waals surface area contributed by atoms with Crippen LogP contribution in [0.2, 0.25) is 0 Å². The van der Waals surface area contributed by atoms with Gasteiger partial charge in [-0.1, -0.05) is 26.0 Å². The van der Waals surface area contributed by atoms with E-state index in [1.807, 2.05) is 0 Å². The maximum Gasteiger partial charge on any atom is 0.0692 e. The molecule has 4 rings (SSSR count). The molecule has 1 saturated heterocycles. The van der Waals surface area contributed by atoms with Gasteiger partial charge in [0.2, 0.25) is 0 Å². The van der Waals surface area contributed by atoms with Crippen molar-refractivity contribution in [2.75, 3.05) is 0 Å². The summed E-state index contributed by atoms with van der Waals surface area (Å²) in [6.45, 7) is 9.31. The van der Waals surface area contributed by atoms with Gasteiger partial charge in [0, 0.05) is 5.92 Å². The zero-order valence-corrected chi connectivity index (χ0v) is 13.9. The van der Waals surface area contributed by atoms with Gasteiger partial charge in [-0.2, -0.15) is 0 Å². The van der Waals surface area contributed by atoms with Crippen molar-refractivity contribution in [2.24, 2.45) is 35.0 Å². The third-order valence-electron chi connectivity index (χ3n) is 7.54. The van der Waals surface area contributed by atoms with E-state index in [0.717, 1.165) is 18.8 Å². The Balaban J connectivity index is 1.67. The van der Waals surface area contributed by atoms with Crippen LogP contribution in [0.15, 0.2) is 12.2 Å². The fourth-order valence-corrected chi connectivity index (χ4v) is 6.78. The van der Waals surface area contributed by atoms with Crippen LogP contribution in [0.1, 0.15) is 53.4 Å². The van der Waals surface area contributed by atoms with Gasteiger partial charge >= 0.3 is 0 Å². The minimum Gasteiger partial charge on any atom is -0.393 e. The highest BCUT2D eigenvalue weighted by atomic mass is 16.5. The van der Waals surface area contributed by atoms with Gasteiger partial charge in [0.05, 0.1) is 17.8 Å². The van der Waals surface area contributed by atoms with Crippen molar-refractivity contribution in [3.8, 4) is 0 Å². The molecular weight excluding hydrogens is 260 g/mol. The normalized spacial score (nSPS) is 57.7. The molecule has 0 radical (unpaired) electrons. The molecule has 0 bridgehead atoms. The summed E-state index contributed by atoms with van der Waals surface area (Å²) < 4.78 is 6.65. The van der Waals surface area contributed by atoms with Crippen molar-refractivity contribution in [3.63, 3.8) is 0 Å².